The molecular weight excluding hydrogens is 428 g/mol. The van der Waals surface area contributed by atoms with Gasteiger partial charge >= 0.3 is 0 Å². The fourth-order valence-electron chi connectivity index (χ4n) is 9.03. The molecule has 4 saturated carbocycles. The highest BCUT2D eigenvalue weighted by atomic mass is 28.4. The molecular formula is C28H50O4Si. The monoisotopic (exact) mass is 478 g/mol. The van der Waals surface area contributed by atoms with Crippen molar-refractivity contribution in [3.8, 4) is 0 Å². The second-order valence-corrected chi connectivity index (χ2v) is 19.6. The van der Waals surface area contributed by atoms with Gasteiger partial charge in [0.2, 0.25) is 0 Å². The Morgan fingerprint density at radius 3 is 2.21 bits per heavy atom. The molecule has 33 heavy (non-hydrogen) atoms. The van der Waals surface area contributed by atoms with Crippen molar-refractivity contribution < 1.29 is 19.0 Å². The lowest BCUT2D eigenvalue weighted by Crippen LogP contribution is -2.66. The smallest absolute Gasteiger partial charge is 0.192 e. The second kappa shape index (κ2) is 7.54. The maximum absolute atomic E-state index is 11.9. The van der Waals surface area contributed by atoms with Crippen LogP contribution in [0.15, 0.2) is 0 Å². The van der Waals surface area contributed by atoms with Crippen molar-refractivity contribution in [2.24, 2.45) is 34.5 Å². The predicted molar refractivity (Wildman–Crippen MR) is 134 cm³/mol. The zero-order valence-corrected chi connectivity index (χ0v) is 23.7. The van der Waals surface area contributed by atoms with Crippen molar-refractivity contribution in [3.05, 3.63) is 0 Å². The molecule has 0 aromatic rings. The van der Waals surface area contributed by atoms with Crippen molar-refractivity contribution in [1.82, 2.24) is 0 Å². The molecule has 1 heterocycles. The van der Waals surface area contributed by atoms with Gasteiger partial charge in [0.25, 0.3) is 0 Å². The lowest BCUT2D eigenvalue weighted by Gasteiger charge is -2.64. The standard InChI is InChI=1S/C28H50O4Si/c1-25(2,3)33(8,9)32-20-14-13-17-21-22(19(29)16-28(17,20)7)27(6)15-11-10-12-18(27)23-24(21)31-26(4,5)30-23/h17-24,29H,10-16H2,1-9H3/t17?,18?,19?,20?,21?,22?,23?,24?,27-,28-/m0/s1. The van der Waals surface area contributed by atoms with E-state index >= 15 is 0 Å². The largest absolute Gasteiger partial charge is 0.413 e. The van der Waals surface area contributed by atoms with Gasteiger partial charge in [-0.05, 0) is 98.6 Å². The van der Waals surface area contributed by atoms with Gasteiger partial charge in [0.15, 0.2) is 14.1 Å². The van der Waals surface area contributed by atoms with Gasteiger partial charge in [0.1, 0.15) is 0 Å². The third-order valence-electron chi connectivity index (χ3n) is 11.5. The van der Waals surface area contributed by atoms with E-state index in [4.69, 9.17) is 13.9 Å². The Kier molecular flexibility index (Phi) is 5.65. The Bertz CT molecular complexity index is 774. The molecule has 1 N–H and O–H groups in total. The summed E-state index contributed by atoms with van der Waals surface area (Å²) >= 11 is 0. The molecule has 0 aromatic heterocycles. The second-order valence-electron chi connectivity index (χ2n) is 14.9. The summed E-state index contributed by atoms with van der Waals surface area (Å²) in [5, 5.41) is 12.1. The number of hydrogen-bond acceptors (Lipinski definition) is 4. The maximum atomic E-state index is 11.9. The van der Waals surface area contributed by atoms with Crippen LogP contribution in [0.5, 0.6) is 0 Å². The molecule has 10 atom stereocenters. The Labute approximate surface area is 203 Å². The Morgan fingerprint density at radius 1 is 0.879 bits per heavy atom. The molecule has 5 rings (SSSR count). The van der Waals surface area contributed by atoms with E-state index in [1.54, 1.807) is 0 Å². The van der Waals surface area contributed by atoms with E-state index in [0.29, 0.717) is 23.7 Å². The first-order valence-electron chi connectivity index (χ1n) is 13.8. The molecule has 0 aromatic carbocycles. The summed E-state index contributed by atoms with van der Waals surface area (Å²) in [5.74, 6) is 1.17. The maximum Gasteiger partial charge on any atom is 0.192 e. The molecule has 8 unspecified atom stereocenters. The lowest BCUT2D eigenvalue weighted by atomic mass is 9.43. The molecule has 4 aliphatic carbocycles. The van der Waals surface area contributed by atoms with Crippen LogP contribution in [0.4, 0.5) is 0 Å². The fraction of sp³-hybridized carbons (Fsp3) is 1.00. The van der Waals surface area contributed by atoms with Crippen molar-refractivity contribution >= 4 is 8.32 Å². The van der Waals surface area contributed by atoms with Crippen molar-refractivity contribution in [2.75, 3.05) is 0 Å². The molecule has 1 saturated heterocycles. The van der Waals surface area contributed by atoms with E-state index in [9.17, 15) is 5.11 Å². The van der Waals surface area contributed by atoms with E-state index in [1.807, 2.05) is 0 Å². The first-order chi connectivity index (χ1) is 15.1. The summed E-state index contributed by atoms with van der Waals surface area (Å²) in [5.41, 5.74) is 0.154. The number of hydrogen-bond donors (Lipinski definition) is 1. The summed E-state index contributed by atoms with van der Waals surface area (Å²) in [4.78, 5) is 0. The van der Waals surface area contributed by atoms with Gasteiger partial charge in [0.05, 0.1) is 24.4 Å². The van der Waals surface area contributed by atoms with Crippen LogP contribution in [-0.4, -0.2) is 43.6 Å². The van der Waals surface area contributed by atoms with Crippen molar-refractivity contribution in [1.29, 1.82) is 0 Å². The average Bonchev–Trinajstić information content (AvgIpc) is 3.15. The van der Waals surface area contributed by atoms with E-state index in [-0.39, 0.29) is 40.3 Å². The summed E-state index contributed by atoms with van der Waals surface area (Å²) in [6.45, 7) is 20.9. The number of ether oxygens (including phenoxy) is 2. The third-order valence-corrected chi connectivity index (χ3v) is 16.0. The molecule has 190 valence electrons. The molecule has 0 amide bonds. The van der Waals surface area contributed by atoms with Gasteiger partial charge < -0.3 is 19.0 Å². The molecule has 4 nitrogen and oxygen atoms in total. The highest BCUT2D eigenvalue weighted by Gasteiger charge is 2.70. The molecule has 0 radical (unpaired) electrons. The van der Waals surface area contributed by atoms with Gasteiger partial charge in [0, 0.05) is 0 Å². The van der Waals surface area contributed by atoms with Crippen LogP contribution in [-0.2, 0) is 13.9 Å². The zero-order chi connectivity index (χ0) is 24.2. The van der Waals surface area contributed by atoms with E-state index in [2.05, 4.69) is 61.6 Å². The highest BCUT2D eigenvalue weighted by molar-refractivity contribution is 6.74. The van der Waals surface area contributed by atoms with Gasteiger partial charge in [-0.1, -0.05) is 47.5 Å². The molecule has 5 fully saturated rings. The Hall–Kier alpha value is 0.0569. The fourth-order valence-corrected chi connectivity index (χ4v) is 10.5. The van der Waals surface area contributed by atoms with Crippen molar-refractivity contribution in [2.45, 2.75) is 142 Å². The highest BCUT2D eigenvalue weighted by Crippen LogP contribution is 2.69. The van der Waals surface area contributed by atoms with Gasteiger partial charge in [-0.2, -0.15) is 0 Å². The third kappa shape index (κ3) is 3.57. The Balaban J connectivity index is 1.53. The molecule has 5 heteroatoms. The molecule has 0 spiro atoms. The van der Waals surface area contributed by atoms with Crippen LogP contribution >= 0.6 is 0 Å². The predicted octanol–water partition coefficient (Wildman–Crippen LogP) is 6.52. The van der Waals surface area contributed by atoms with Crippen LogP contribution in [0, 0.1) is 34.5 Å². The number of fused-ring (bicyclic) bond motifs is 8. The van der Waals surface area contributed by atoms with Crippen LogP contribution in [0.2, 0.25) is 18.1 Å². The van der Waals surface area contributed by atoms with Crippen LogP contribution in [0.25, 0.3) is 0 Å². The summed E-state index contributed by atoms with van der Waals surface area (Å²) in [6, 6.07) is 0. The minimum atomic E-state index is -1.89. The minimum absolute atomic E-state index is 0.00854. The quantitative estimate of drug-likeness (QED) is 0.459. The van der Waals surface area contributed by atoms with Gasteiger partial charge in [-0.15, -0.1) is 0 Å². The first kappa shape index (κ1) is 24.7. The van der Waals surface area contributed by atoms with E-state index in [0.717, 1.165) is 12.8 Å². The van der Waals surface area contributed by atoms with Crippen LogP contribution in [0.1, 0.15) is 93.4 Å². The summed E-state index contributed by atoms with van der Waals surface area (Å²) in [7, 11) is -1.89. The molecule has 1 aliphatic heterocycles. The van der Waals surface area contributed by atoms with Crippen molar-refractivity contribution in [3.63, 3.8) is 0 Å². The normalized spacial score (nSPS) is 51.5. The average molecular weight is 479 g/mol. The minimum Gasteiger partial charge on any atom is -0.413 e. The number of aliphatic hydroxyl groups excluding tert-OH is 1. The number of rotatable bonds is 2. The summed E-state index contributed by atoms with van der Waals surface area (Å²) < 4.78 is 20.5. The summed E-state index contributed by atoms with van der Waals surface area (Å²) in [6.07, 6.45) is 8.41. The first-order valence-corrected chi connectivity index (χ1v) is 16.7. The van der Waals surface area contributed by atoms with E-state index in [1.165, 1.54) is 32.1 Å². The van der Waals surface area contributed by atoms with E-state index < -0.39 is 14.1 Å². The zero-order valence-electron chi connectivity index (χ0n) is 22.7. The molecule has 0 bridgehead atoms. The van der Waals surface area contributed by atoms with Crippen LogP contribution < -0.4 is 0 Å². The number of aliphatic hydroxyl groups is 1. The van der Waals surface area contributed by atoms with Gasteiger partial charge in [-0.3, -0.25) is 0 Å². The lowest BCUT2D eigenvalue weighted by molar-refractivity contribution is -0.219. The van der Waals surface area contributed by atoms with Gasteiger partial charge in [-0.25, -0.2) is 0 Å². The topological polar surface area (TPSA) is 47.9 Å². The SMILES string of the molecule is CC1(C)OC2C(O1)C1CCCC[C@]1(C)C1C(O)C[C@]3(C)C(O[Si](C)(C)C(C)(C)C)CCC3C21. The molecule has 5 aliphatic rings. The van der Waals surface area contributed by atoms with Crippen LogP contribution in [0.3, 0.4) is 0 Å². The Morgan fingerprint density at radius 2 is 1.55 bits per heavy atom.